The SMILES string of the molecule is CCC(CC1(OC)C(OC)=C(OC)C=C(C(=O)O)C1N(C)C)c1ccccc1. The molecule has 1 aliphatic carbocycles. The lowest BCUT2D eigenvalue weighted by atomic mass is 9.73. The first-order chi connectivity index (χ1) is 13.4. The normalized spacial score (nSPS) is 23.4. The Bertz CT molecular complexity index is 741. The minimum Gasteiger partial charge on any atom is -0.494 e. The molecule has 1 aromatic carbocycles. The molecule has 0 aromatic heterocycles. The van der Waals surface area contributed by atoms with E-state index in [2.05, 4.69) is 19.1 Å². The number of benzene rings is 1. The minimum absolute atomic E-state index is 0.153. The third-order valence-electron chi connectivity index (χ3n) is 5.50. The molecule has 1 aliphatic rings. The Labute approximate surface area is 167 Å². The Morgan fingerprint density at radius 2 is 1.82 bits per heavy atom. The van der Waals surface area contributed by atoms with E-state index in [1.165, 1.54) is 18.7 Å². The van der Waals surface area contributed by atoms with Crippen molar-refractivity contribution in [3.8, 4) is 0 Å². The van der Waals surface area contributed by atoms with Gasteiger partial charge in [-0.15, -0.1) is 0 Å². The van der Waals surface area contributed by atoms with Crippen molar-refractivity contribution < 1.29 is 24.1 Å². The van der Waals surface area contributed by atoms with Gasteiger partial charge < -0.3 is 19.3 Å². The summed E-state index contributed by atoms with van der Waals surface area (Å²) in [6, 6.07) is 9.65. The predicted octanol–water partition coefficient (Wildman–Crippen LogP) is 3.41. The minimum atomic E-state index is -1.01. The number of likely N-dealkylation sites (N-methyl/N-ethyl adjacent to an activating group) is 1. The average Bonchev–Trinajstić information content (AvgIpc) is 2.70. The number of carboxylic acids is 1. The van der Waals surface area contributed by atoms with Crippen molar-refractivity contribution in [2.24, 2.45) is 0 Å². The van der Waals surface area contributed by atoms with Crippen LogP contribution >= 0.6 is 0 Å². The van der Waals surface area contributed by atoms with Gasteiger partial charge in [-0.25, -0.2) is 4.79 Å². The van der Waals surface area contributed by atoms with E-state index >= 15 is 0 Å². The summed E-state index contributed by atoms with van der Waals surface area (Å²) < 4.78 is 17.4. The number of aliphatic carboxylic acids is 1. The third kappa shape index (κ3) is 3.93. The van der Waals surface area contributed by atoms with Crippen LogP contribution in [0, 0.1) is 0 Å². The van der Waals surface area contributed by atoms with Crippen LogP contribution in [0.15, 0.2) is 53.5 Å². The number of methoxy groups -OCH3 is 3. The molecule has 3 unspecified atom stereocenters. The lowest BCUT2D eigenvalue weighted by molar-refractivity contribution is -0.136. The molecule has 0 fully saturated rings. The summed E-state index contributed by atoms with van der Waals surface area (Å²) in [5, 5.41) is 9.90. The zero-order valence-electron chi connectivity index (χ0n) is 17.6. The van der Waals surface area contributed by atoms with Crippen LogP contribution in [-0.2, 0) is 19.0 Å². The number of ether oxygens (including phenoxy) is 3. The molecule has 28 heavy (non-hydrogen) atoms. The van der Waals surface area contributed by atoms with Gasteiger partial charge in [0, 0.05) is 7.11 Å². The molecule has 0 saturated carbocycles. The fourth-order valence-corrected chi connectivity index (χ4v) is 4.25. The zero-order valence-corrected chi connectivity index (χ0v) is 17.6. The third-order valence-corrected chi connectivity index (χ3v) is 5.50. The van der Waals surface area contributed by atoms with E-state index in [0.717, 1.165) is 6.42 Å². The van der Waals surface area contributed by atoms with Crippen molar-refractivity contribution in [1.29, 1.82) is 0 Å². The molecular formula is C22H31NO5. The Kier molecular flexibility index (Phi) is 7.27. The zero-order chi connectivity index (χ0) is 20.9. The number of allylic oxidation sites excluding steroid dienone is 1. The van der Waals surface area contributed by atoms with Crippen molar-refractivity contribution in [3.63, 3.8) is 0 Å². The van der Waals surface area contributed by atoms with Crippen LogP contribution in [0.1, 0.15) is 31.2 Å². The van der Waals surface area contributed by atoms with Crippen LogP contribution in [0.25, 0.3) is 0 Å². The Balaban J connectivity index is 2.68. The standard InChI is InChI=1S/C22H31NO5/c1-7-15(16-11-9-8-10-12-16)14-22(28-6)19(23(2)3)17(21(24)25)13-18(26-4)20(22)27-5/h8-13,15,19H,7,14H2,1-6H3,(H,24,25). The van der Waals surface area contributed by atoms with Crippen LogP contribution in [0.3, 0.4) is 0 Å². The summed E-state index contributed by atoms with van der Waals surface area (Å²) in [4.78, 5) is 14.0. The highest BCUT2D eigenvalue weighted by molar-refractivity contribution is 5.90. The molecule has 3 atom stereocenters. The van der Waals surface area contributed by atoms with Gasteiger partial charge in [-0.05, 0) is 44.5 Å². The predicted molar refractivity (Wildman–Crippen MR) is 108 cm³/mol. The van der Waals surface area contributed by atoms with Gasteiger partial charge in [-0.1, -0.05) is 37.3 Å². The van der Waals surface area contributed by atoms with Gasteiger partial charge in [0.05, 0.1) is 25.8 Å². The molecule has 1 aromatic rings. The van der Waals surface area contributed by atoms with E-state index in [-0.39, 0.29) is 11.5 Å². The van der Waals surface area contributed by atoms with Gasteiger partial charge in [0.1, 0.15) is 5.60 Å². The van der Waals surface area contributed by atoms with Gasteiger partial charge in [0.2, 0.25) is 0 Å². The van der Waals surface area contributed by atoms with Gasteiger partial charge >= 0.3 is 5.97 Å². The van der Waals surface area contributed by atoms with Crippen molar-refractivity contribution in [3.05, 3.63) is 59.1 Å². The van der Waals surface area contributed by atoms with Crippen LogP contribution in [0.2, 0.25) is 0 Å². The first-order valence-corrected chi connectivity index (χ1v) is 9.40. The second-order valence-electron chi connectivity index (χ2n) is 7.19. The molecule has 2 rings (SSSR count). The fraction of sp³-hybridized carbons (Fsp3) is 0.500. The molecular weight excluding hydrogens is 358 g/mol. The number of carboxylic acid groups (broad SMARTS) is 1. The van der Waals surface area contributed by atoms with Crippen LogP contribution < -0.4 is 0 Å². The molecule has 0 spiro atoms. The maximum absolute atomic E-state index is 12.1. The lowest BCUT2D eigenvalue weighted by Crippen LogP contribution is -2.57. The van der Waals surface area contributed by atoms with Crippen molar-refractivity contribution >= 4 is 5.97 Å². The first kappa shape index (κ1) is 22.0. The van der Waals surface area contributed by atoms with E-state index in [4.69, 9.17) is 14.2 Å². The second-order valence-corrected chi connectivity index (χ2v) is 7.19. The van der Waals surface area contributed by atoms with Crippen molar-refractivity contribution in [1.82, 2.24) is 4.90 Å². The van der Waals surface area contributed by atoms with Crippen LogP contribution in [0.5, 0.6) is 0 Å². The molecule has 0 amide bonds. The maximum Gasteiger partial charge on any atom is 0.333 e. The summed E-state index contributed by atoms with van der Waals surface area (Å²) in [7, 11) is 8.38. The molecule has 0 aliphatic heterocycles. The quantitative estimate of drug-likeness (QED) is 0.698. The molecule has 0 radical (unpaired) electrons. The summed E-state index contributed by atoms with van der Waals surface area (Å²) in [5.74, 6) is 0.0379. The number of hydrogen-bond donors (Lipinski definition) is 1. The Morgan fingerprint density at radius 1 is 1.18 bits per heavy atom. The van der Waals surface area contributed by atoms with E-state index in [0.29, 0.717) is 17.9 Å². The molecule has 6 heteroatoms. The van der Waals surface area contributed by atoms with Crippen molar-refractivity contribution in [2.45, 2.75) is 37.3 Å². The fourth-order valence-electron chi connectivity index (χ4n) is 4.25. The molecule has 154 valence electrons. The van der Waals surface area contributed by atoms with Gasteiger partial charge in [0.25, 0.3) is 0 Å². The van der Waals surface area contributed by atoms with Gasteiger partial charge in [-0.3, -0.25) is 4.90 Å². The number of nitrogens with zero attached hydrogens (tertiary/aromatic N) is 1. The highest BCUT2D eigenvalue weighted by atomic mass is 16.5. The average molecular weight is 389 g/mol. The monoisotopic (exact) mass is 389 g/mol. The molecule has 0 heterocycles. The molecule has 1 N–H and O–H groups in total. The highest BCUT2D eigenvalue weighted by Gasteiger charge is 2.53. The lowest BCUT2D eigenvalue weighted by Gasteiger charge is -2.47. The molecule has 0 bridgehead atoms. The number of carbonyl (C=O) groups is 1. The van der Waals surface area contributed by atoms with E-state index in [9.17, 15) is 9.90 Å². The topological polar surface area (TPSA) is 68.2 Å². The highest BCUT2D eigenvalue weighted by Crippen LogP contribution is 2.45. The summed E-state index contributed by atoms with van der Waals surface area (Å²) in [5.41, 5.74) is 0.384. The Morgan fingerprint density at radius 3 is 2.25 bits per heavy atom. The summed E-state index contributed by atoms with van der Waals surface area (Å²) >= 11 is 0. The molecule has 6 nitrogen and oxygen atoms in total. The number of hydrogen-bond acceptors (Lipinski definition) is 5. The van der Waals surface area contributed by atoms with E-state index < -0.39 is 17.6 Å². The first-order valence-electron chi connectivity index (χ1n) is 9.40. The van der Waals surface area contributed by atoms with Crippen molar-refractivity contribution in [2.75, 3.05) is 35.4 Å². The second kappa shape index (κ2) is 9.26. The summed E-state index contributed by atoms with van der Waals surface area (Å²) in [6.45, 7) is 2.12. The molecule has 0 saturated heterocycles. The largest absolute Gasteiger partial charge is 0.494 e. The Hall–Kier alpha value is -2.31. The smallest absolute Gasteiger partial charge is 0.333 e. The van der Waals surface area contributed by atoms with Crippen LogP contribution in [0.4, 0.5) is 0 Å². The van der Waals surface area contributed by atoms with E-state index in [1.807, 2.05) is 37.2 Å². The van der Waals surface area contributed by atoms with Gasteiger partial charge in [0.15, 0.2) is 11.5 Å². The maximum atomic E-state index is 12.1. The number of rotatable bonds is 9. The van der Waals surface area contributed by atoms with E-state index in [1.54, 1.807) is 14.2 Å². The summed E-state index contributed by atoms with van der Waals surface area (Å²) in [6.07, 6.45) is 2.96. The van der Waals surface area contributed by atoms with Gasteiger partial charge in [-0.2, -0.15) is 0 Å². The van der Waals surface area contributed by atoms with Crippen LogP contribution in [-0.4, -0.2) is 63.0 Å².